The fourth-order valence-corrected chi connectivity index (χ4v) is 4.51. The van der Waals surface area contributed by atoms with E-state index in [9.17, 15) is 0 Å². The predicted octanol–water partition coefficient (Wildman–Crippen LogP) is 2.71. The predicted molar refractivity (Wildman–Crippen MR) is 128 cm³/mol. The molecule has 7 heteroatoms. The van der Waals surface area contributed by atoms with Crippen LogP contribution in [0.25, 0.3) is 0 Å². The van der Waals surface area contributed by atoms with Crippen molar-refractivity contribution in [1.29, 1.82) is 0 Å². The molecule has 0 atom stereocenters. The number of piperazine rings is 2. The Hall–Kier alpha value is -3.48. The van der Waals surface area contributed by atoms with Crippen molar-refractivity contribution >= 4 is 28.7 Å². The number of hydrogen-bond acceptors (Lipinski definition) is 7. The lowest BCUT2D eigenvalue weighted by Crippen LogP contribution is -2.48. The van der Waals surface area contributed by atoms with Crippen LogP contribution in [-0.2, 0) is 0 Å². The van der Waals surface area contributed by atoms with Crippen molar-refractivity contribution in [2.24, 2.45) is 0 Å². The molecule has 0 bridgehead atoms. The normalized spacial score (nSPS) is 17.2. The summed E-state index contributed by atoms with van der Waals surface area (Å²) in [5.74, 6) is 1.73. The zero-order valence-electron chi connectivity index (χ0n) is 17.8. The molecule has 2 aliphatic heterocycles. The van der Waals surface area contributed by atoms with E-state index >= 15 is 0 Å². The number of rotatable bonds is 4. The number of para-hydroxylation sites is 2. The molecule has 2 fully saturated rings. The van der Waals surface area contributed by atoms with Crippen molar-refractivity contribution < 1.29 is 0 Å². The lowest BCUT2D eigenvalue weighted by Gasteiger charge is -2.39. The van der Waals surface area contributed by atoms with E-state index in [0.717, 1.165) is 64.0 Å². The van der Waals surface area contributed by atoms with E-state index in [2.05, 4.69) is 90.2 Å². The molecule has 2 saturated heterocycles. The van der Waals surface area contributed by atoms with Crippen LogP contribution in [0.15, 0.2) is 67.0 Å². The minimum atomic E-state index is 0.698. The summed E-state index contributed by atoms with van der Waals surface area (Å²) in [4.78, 5) is 18.5. The van der Waals surface area contributed by atoms with Gasteiger partial charge in [-0.05, 0) is 24.3 Å². The number of nitrogens with two attached hydrogens (primary N) is 1. The summed E-state index contributed by atoms with van der Waals surface area (Å²) in [6.45, 7) is 7.43. The third-order valence-corrected chi connectivity index (χ3v) is 6.24. The Morgan fingerprint density at radius 1 is 0.516 bits per heavy atom. The van der Waals surface area contributed by atoms with E-state index in [1.54, 1.807) is 6.33 Å². The number of nitrogen functional groups attached to an aromatic ring is 1. The monoisotopic (exact) mass is 415 g/mol. The lowest BCUT2D eigenvalue weighted by atomic mass is 10.2. The van der Waals surface area contributed by atoms with Gasteiger partial charge in [0, 0.05) is 63.7 Å². The number of hydrogen-bond donors (Lipinski definition) is 1. The van der Waals surface area contributed by atoms with Crippen LogP contribution in [0, 0.1) is 0 Å². The zero-order valence-corrected chi connectivity index (χ0v) is 17.8. The van der Waals surface area contributed by atoms with Crippen molar-refractivity contribution in [2.45, 2.75) is 0 Å². The first-order valence-electron chi connectivity index (χ1n) is 11.0. The van der Waals surface area contributed by atoms with Crippen molar-refractivity contribution in [3.63, 3.8) is 0 Å². The van der Waals surface area contributed by atoms with Crippen LogP contribution in [-0.4, -0.2) is 62.3 Å². The molecule has 5 rings (SSSR count). The second-order valence-corrected chi connectivity index (χ2v) is 8.05. The largest absolute Gasteiger partial charge is 0.393 e. The minimum absolute atomic E-state index is 0.698. The molecule has 0 saturated carbocycles. The van der Waals surface area contributed by atoms with E-state index in [1.807, 2.05) is 0 Å². The van der Waals surface area contributed by atoms with Crippen LogP contribution in [0.4, 0.5) is 28.7 Å². The molecule has 2 N–H and O–H groups in total. The van der Waals surface area contributed by atoms with E-state index < -0.39 is 0 Å². The molecule has 2 aromatic carbocycles. The van der Waals surface area contributed by atoms with Crippen LogP contribution in [0.5, 0.6) is 0 Å². The van der Waals surface area contributed by atoms with Crippen molar-refractivity contribution in [3.8, 4) is 0 Å². The highest BCUT2D eigenvalue weighted by atomic mass is 15.3. The summed E-state index contributed by atoms with van der Waals surface area (Å²) in [5.41, 5.74) is 9.84. The molecule has 1 aromatic heterocycles. The number of aromatic nitrogens is 2. The molecule has 0 aliphatic carbocycles. The summed E-state index contributed by atoms with van der Waals surface area (Å²) < 4.78 is 0. The standard InChI is InChI=1S/C24H29N7/c25-22-23(30-15-11-28(12-16-30)20-7-3-1-4-8-20)26-19-27-24(22)31-17-13-29(14-18-31)21-9-5-2-6-10-21/h1-10,19H,11-18,25H2. The molecule has 7 nitrogen and oxygen atoms in total. The van der Waals surface area contributed by atoms with Crippen LogP contribution in [0.3, 0.4) is 0 Å². The first-order chi connectivity index (χ1) is 15.3. The van der Waals surface area contributed by atoms with Gasteiger partial charge in [0.05, 0.1) is 0 Å². The lowest BCUT2D eigenvalue weighted by molar-refractivity contribution is 0.639. The van der Waals surface area contributed by atoms with E-state index in [0.29, 0.717) is 5.69 Å². The maximum absolute atomic E-state index is 6.60. The number of nitrogens with zero attached hydrogens (tertiary/aromatic N) is 6. The zero-order chi connectivity index (χ0) is 21.0. The first-order valence-corrected chi connectivity index (χ1v) is 11.0. The molecule has 0 unspecified atom stereocenters. The highest BCUT2D eigenvalue weighted by Gasteiger charge is 2.25. The molecule has 0 amide bonds. The van der Waals surface area contributed by atoms with Crippen molar-refractivity contribution in [1.82, 2.24) is 9.97 Å². The van der Waals surface area contributed by atoms with E-state index in [4.69, 9.17) is 5.73 Å². The fourth-order valence-electron chi connectivity index (χ4n) is 4.51. The molecule has 2 aliphatic rings. The second-order valence-electron chi connectivity index (χ2n) is 8.05. The van der Waals surface area contributed by atoms with Gasteiger partial charge in [-0.2, -0.15) is 0 Å². The quantitative estimate of drug-likeness (QED) is 0.703. The molecule has 0 spiro atoms. The molecule has 3 aromatic rings. The Labute approximate surface area is 183 Å². The SMILES string of the molecule is Nc1c(N2CCN(c3ccccc3)CC2)ncnc1N1CCN(c2ccccc2)CC1. The fraction of sp³-hybridized carbons (Fsp3) is 0.333. The average molecular weight is 416 g/mol. The van der Waals surface area contributed by atoms with Gasteiger partial charge in [-0.15, -0.1) is 0 Å². The molecule has 0 radical (unpaired) electrons. The van der Waals surface area contributed by atoms with Gasteiger partial charge in [0.25, 0.3) is 0 Å². The maximum Gasteiger partial charge on any atom is 0.157 e. The number of anilines is 5. The maximum atomic E-state index is 6.60. The smallest absolute Gasteiger partial charge is 0.157 e. The van der Waals surface area contributed by atoms with Gasteiger partial charge in [0.1, 0.15) is 12.0 Å². The van der Waals surface area contributed by atoms with Gasteiger partial charge in [-0.1, -0.05) is 36.4 Å². The summed E-state index contributed by atoms with van der Waals surface area (Å²) in [5, 5.41) is 0. The van der Waals surface area contributed by atoms with Gasteiger partial charge >= 0.3 is 0 Å². The number of benzene rings is 2. The van der Waals surface area contributed by atoms with Gasteiger partial charge in [-0.25, -0.2) is 9.97 Å². The third-order valence-electron chi connectivity index (χ3n) is 6.24. The topological polar surface area (TPSA) is 64.8 Å². The molecule has 160 valence electrons. The summed E-state index contributed by atoms with van der Waals surface area (Å²) in [7, 11) is 0. The highest BCUT2D eigenvalue weighted by molar-refractivity contribution is 5.76. The van der Waals surface area contributed by atoms with Crippen LogP contribution < -0.4 is 25.3 Å². The Morgan fingerprint density at radius 2 is 0.871 bits per heavy atom. The molecular formula is C24H29N7. The average Bonchev–Trinajstić information content (AvgIpc) is 2.86. The Balaban J connectivity index is 1.25. The summed E-state index contributed by atoms with van der Waals surface area (Å²) in [6.07, 6.45) is 1.66. The van der Waals surface area contributed by atoms with Crippen LogP contribution >= 0.6 is 0 Å². The van der Waals surface area contributed by atoms with Crippen LogP contribution in [0.2, 0.25) is 0 Å². The second kappa shape index (κ2) is 8.71. The van der Waals surface area contributed by atoms with Gasteiger partial charge in [0.15, 0.2) is 11.6 Å². The summed E-state index contributed by atoms with van der Waals surface area (Å²) in [6, 6.07) is 21.2. The van der Waals surface area contributed by atoms with E-state index in [1.165, 1.54) is 11.4 Å². The highest BCUT2D eigenvalue weighted by Crippen LogP contribution is 2.31. The Morgan fingerprint density at radius 3 is 1.26 bits per heavy atom. The van der Waals surface area contributed by atoms with E-state index in [-0.39, 0.29) is 0 Å². The first kappa shape index (κ1) is 19.5. The molecule has 3 heterocycles. The summed E-state index contributed by atoms with van der Waals surface area (Å²) >= 11 is 0. The van der Waals surface area contributed by atoms with Crippen molar-refractivity contribution in [3.05, 3.63) is 67.0 Å². The van der Waals surface area contributed by atoms with Gasteiger partial charge in [0.2, 0.25) is 0 Å². The van der Waals surface area contributed by atoms with Gasteiger partial charge in [-0.3, -0.25) is 0 Å². The molecule has 31 heavy (non-hydrogen) atoms. The van der Waals surface area contributed by atoms with Crippen LogP contribution in [0.1, 0.15) is 0 Å². The molecular weight excluding hydrogens is 386 g/mol. The third kappa shape index (κ3) is 4.08. The minimum Gasteiger partial charge on any atom is -0.393 e. The Kier molecular flexibility index (Phi) is 5.48. The Bertz CT molecular complexity index is 902. The van der Waals surface area contributed by atoms with Crippen molar-refractivity contribution in [2.75, 3.05) is 77.7 Å². The van der Waals surface area contributed by atoms with Gasteiger partial charge < -0.3 is 25.3 Å².